The van der Waals surface area contributed by atoms with Crippen LogP contribution in [-0.2, 0) is 17.6 Å². The highest BCUT2D eigenvalue weighted by molar-refractivity contribution is 7.19. The average molecular weight is 394 g/mol. The molecule has 0 unspecified atom stereocenters. The molecule has 0 saturated carbocycles. The molecule has 1 amide bonds. The highest BCUT2D eigenvalue weighted by atomic mass is 32.1. The Kier molecular flexibility index (Phi) is 4.47. The van der Waals surface area contributed by atoms with Crippen molar-refractivity contribution >= 4 is 33.3 Å². The van der Waals surface area contributed by atoms with Crippen LogP contribution in [0.15, 0.2) is 24.5 Å². The number of pyridine rings is 1. The second-order valence-corrected chi connectivity index (χ2v) is 8.70. The third-order valence-electron chi connectivity index (χ3n) is 5.67. The van der Waals surface area contributed by atoms with Crippen LogP contribution in [0.4, 0.5) is 5.82 Å². The fourth-order valence-electron chi connectivity index (χ4n) is 4.35. The molecule has 5 rings (SSSR count). The summed E-state index contributed by atoms with van der Waals surface area (Å²) in [4.78, 5) is 30.5. The van der Waals surface area contributed by atoms with Crippen molar-refractivity contribution in [3.63, 3.8) is 0 Å². The van der Waals surface area contributed by atoms with Crippen LogP contribution in [0.3, 0.4) is 0 Å². The Morgan fingerprint density at radius 1 is 1.25 bits per heavy atom. The number of piperidine rings is 1. The Morgan fingerprint density at radius 3 is 2.86 bits per heavy atom. The van der Waals surface area contributed by atoms with Crippen molar-refractivity contribution < 1.29 is 4.79 Å². The van der Waals surface area contributed by atoms with Crippen LogP contribution in [0.2, 0.25) is 0 Å². The van der Waals surface area contributed by atoms with E-state index in [0.29, 0.717) is 0 Å². The maximum atomic E-state index is 11.4. The summed E-state index contributed by atoms with van der Waals surface area (Å²) in [5.74, 6) is 1.86. The lowest BCUT2D eigenvalue weighted by molar-refractivity contribution is -0.119. The number of carbonyl (C=O) groups excluding carboxylic acids is 1. The number of fused-ring (bicyclic) bond motifs is 3. The van der Waals surface area contributed by atoms with Gasteiger partial charge in [0.25, 0.3) is 0 Å². The van der Waals surface area contributed by atoms with Crippen molar-refractivity contribution in [1.82, 2.24) is 20.3 Å². The van der Waals surface area contributed by atoms with Gasteiger partial charge < -0.3 is 10.2 Å². The molecule has 1 aliphatic carbocycles. The summed E-state index contributed by atoms with van der Waals surface area (Å²) >= 11 is 1.83. The van der Waals surface area contributed by atoms with Crippen molar-refractivity contribution in [1.29, 1.82) is 0 Å². The zero-order chi connectivity index (χ0) is 19.1. The monoisotopic (exact) mass is 393 g/mol. The van der Waals surface area contributed by atoms with Crippen LogP contribution >= 0.6 is 11.3 Å². The van der Waals surface area contributed by atoms with Gasteiger partial charge in [-0.15, -0.1) is 11.3 Å². The van der Waals surface area contributed by atoms with Crippen molar-refractivity contribution in [2.45, 2.75) is 45.1 Å². The van der Waals surface area contributed by atoms with Gasteiger partial charge in [-0.1, -0.05) is 0 Å². The normalized spacial score (nSPS) is 17.1. The van der Waals surface area contributed by atoms with Crippen molar-refractivity contribution in [3.8, 4) is 11.4 Å². The summed E-state index contributed by atoms with van der Waals surface area (Å²) in [6.45, 7) is 3.39. The quantitative estimate of drug-likeness (QED) is 0.739. The van der Waals surface area contributed by atoms with Crippen LogP contribution < -0.4 is 10.2 Å². The Morgan fingerprint density at radius 2 is 2.11 bits per heavy atom. The topological polar surface area (TPSA) is 71.0 Å². The van der Waals surface area contributed by atoms with Crippen molar-refractivity contribution in [2.24, 2.45) is 0 Å². The number of hydrogen-bond acceptors (Lipinski definition) is 6. The number of carbonyl (C=O) groups is 1. The summed E-state index contributed by atoms with van der Waals surface area (Å²) in [5.41, 5.74) is 2.41. The summed E-state index contributed by atoms with van der Waals surface area (Å²) in [5, 5.41) is 4.31. The van der Waals surface area contributed by atoms with E-state index in [4.69, 9.17) is 9.97 Å². The first kappa shape index (κ1) is 17.6. The molecule has 2 aliphatic rings. The minimum Gasteiger partial charge on any atom is -0.356 e. The number of anilines is 1. The SMILES string of the molecule is CC(=O)NC1CCN(c2nc(-c3cccnc3)nc3sc4c(c23)CCC4)CC1. The van der Waals surface area contributed by atoms with Gasteiger partial charge in [-0.25, -0.2) is 9.97 Å². The van der Waals surface area contributed by atoms with Crippen LogP contribution in [-0.4, -0.2) is 40.0 Å². The molecular weight excluding hydrogens is 370 g/mol. The van der Waals surface area contributed by atoms with Gasteiger partial charge in [0.05, 0.1) is 5.39 Å². The van der Waals surface area contributed by atoms with Gasteiger partial charge in [0.15, 0.2) is 5.82 Å². The predicted octanol–water partition coefficient (Wildman–Crippen LogP) is 3.35. The fourth-order valence-corrected chi connectivity index (χ4v) is 5.61. The number of rotatable bonds is 3. The summed E-state index contributed by atoms with van der Waals surface area (Å²) in [7, 11) is 0. The van der Waals surface area contributed by atoms with E-state index in [1.807, 2.05) is 29.7 Å². The molecule has 7 heteroatoms. The van der Waals surface area contributed by atoms with Crippen LogP contribution in [0.1, 0.15) is 36.6 Å². The second kappa shape index (κ2) is 7.13. The number of aromatic nitrogens is 3. The van der Waals surface area contributed by atoms with Crippen molar-refractivity contribution in [3.05, 3.63) is 35.0 Å². The molecule has 4 heterocycles. The minimum absolute atomic E-state index is 0.0531. The third kappa shape index (κ3) is 3.13. The number of nitrogens with zero attached hydrogens (tertiary/aromatic N) is 4. The van der Waals surface area contributed by atoms with E-state index in [-0.39, 0.29) is 11.9 Å². The standard InChI is InChI=1S/C21H23N5OS/c1-13(27)23-15-7-10-26(11-8-15)20-18-16-5-2-6-17(16)28-21(18)25-19(24-20)14-4-3-9-22-12-14/h3-4,9,12,15H,2,5-8,10-11H2,1H3,(H,23,27). The van der Waals surface area contributed by atoms with Crippen LogP contribution in [0, 0.1) is 0 Å². The molecule has 6 nitrogen and oxygen atoms in total. The third-order valence-corrected chi connectivity index (χ3v) is 6.85. The molecule has 1 fully saturated rings. The maximum Gasteiger partial charge on any atom is 0.217 e. The lowest BCUT2D eigenvalue weighted by atomic mass is 10.0. The lowest BCUT2D eigenvalue weighted by Crippen LogP contribution is -2.44. The molecule has 144 valence electrons. The van der Waals surface area contributed by atoms with Crippen molar-refractivity contribution in [2.75, 3.05) is 18.0 Å². The zero-order valence-electron chi connectivity index (χ0n) is 15.9. The summed E-state index contributed by atoms with van der Waals surface area (Å²) in [6, 6.07) is 4.20. The Balaban J connectivity index is 1.56. The molecule has 0 bridgehead atoms. The summed E-state index contributed by atoms with van der Waals surface area (Å²) < 4.78 is 0. The van der Waals surface area contributed by atoms with E-state index < -0.39 is 0 Å². The van der Waals surface area contributed by atoms with Gasteiger partial charge in [-0.3, -0.25) is 9.78 Å². The molecule has 28 heavy (non-hydrogen) atoms. The zero-order valence-corrected chi connectivity index (χ0v) is 16.8. The Hall–Kier alpha value is -2.54. The number of amides is 1. The van der Waals surface area contributed by atoms with E-state index >= 15 is 0 Å². The fraction of sp³-hybridized carbons (Fsp3) is 0.429. The Bertz CT molecular complexity index is 1020. The molecule has 0 atom stereocenters. The largest absolute Gasteiger partial charge is 0.356 e. The smallest absolute Gasteiger partial charge is 0.217 e. The minimum atomic E-state index is 0.0531. The second-order valence-electron chi connectivity index (χ2n) is 7.61. The number of thiophene rings is 1. The highest BCUT2D eigenvalue weighted by Gasteiger charge is 2.27. The maximum absolute atomic E-state index is 11.4. The van der Waals surface area contributed by atoms with Gasteiger partial charge in [0.1, 0.15) is 10.6 Å². The van der Waals surface area contributed by atoms with Gasteiger partial charge in [0.2, 0.25) is 5.91 Å². The molecule has 0 radical (unpaired) electrons. The molecule has 1 N–H and O–H groups in total. The predicted molar refractivity (Wildman–Crippen MR) is 112 cm³/mol. The first-order valence-electron chi connectivity index (χ1n) is 9.94. The van der Waals surface area contributed by atoms with E-state index in [1.54, 1.807) is 13.1 Å². The van der Waals surface area contributed by atoms with E-state index in [9.17, 15) is 4.79 Å². The average Bonchev–Trinajstić information content (AvgIpc) is 3.29. The number of hydrogen-bond donors (Lipinski definition) is 1. The molecule has 0 spiro atoms. The Labute approximate surface area is 168 Å². The van der Waals surface area contributed by atoms with E-state index in [0.717, 1.165) is 60.8 Å². The molecule has 0 aromatic carbocycles. The first-order valence-corrected chi connectivity index (χ1v) is 10.8. The van der Waals surface area contributed by atoms with Crippen LogP contribution in [0.25, 0.3) is 21.6 Å². The molecular formula is C21H23N5OS. The molecule has 1 aliphatic heterocycles. The molecule has 3 aromatic rings. The first-order chi connectivity index (χ1) is 13.7. The lowest BCUT2D eigenvalue weighted by Gasteiger charge is -2.33. The van der Waals surface area contributed by atoms with Crippen LogP contribution in [0.5, 0.6) is 0 Å². The number of aryl methyl sites for hydroxylation is 2. The van der Waals surface area contributed by atoms with E-state index in [1.165, 1.54) is 22.2 Å². The van der Waals surface area contributed by atoms with Gasteiger partial charge in [-0.2, -0.15) is 0 Å². The summed E-state index contributed by atoms with van der Waals surface area (Å²) in [6.07, 6.45) is 9.00. The van der Waals surface area contributed by atoms with E-state index in [2.05, 4.69) is 15.2 Å². The van der Waals surface area contributed by atoms with Gasteiger partial charge in [-0.05, 0) is 49.8 Å². The number of nitrogens with one attached hydrogen (secondary N) is 1. The molecule has 3 aromatic heterocycles. The highest BCUT2D eigenvalue weighted by Crippen LogP contribution is 2.42. The van der Waals surface area contributed by atoms with Gasteiger partial charge in [0, 0.05) is 48.9 Å². The van der Waals surface area contributed by atoms with Gasteiger partial charge >= 0.3 is 0 Å². The molecule has 1 saturated heterocycles.